The highest BCUT2D eigenvalue weighted by Crippen LogP contribution is 2.33. The van der Waals surface area contributed by atoms with Crippen LogP contribution in [0.2, 0.25) is 0 Å². The second kappa shape index (κ2) is 6.17. The van der Waals surface area contributed by atoms with Crippen LogP contribution in [-0.2, 0) is 9.63 Å². The molecule has 1 N–H and O–H groups in total. The quantitative estimate of drug-likeness (QED) is 0.873. The summed E-state index contributed by atoms with van der Waals surface area (Å²) in [5.74, 6) is -1.10. The Morgan fingerprint density at radius 1 is 1.50 bits per heavy atom. The maximum absolute atomic E-state index is 12.3. The topological polar surface area (TPSA) is 77.4 Å². The summed E-state index contributed by atoms with van der Waals surface area (Å²) >= 11 is 0. The van der Waals surface area contributed by atoms with Crippen LogP contribution in [-0.4, -0.2) is 35.6 Å². The van der Waals surface area contributed by atoms with Crippen molar-refractivity contribution in [3.8, 4) is 11.5 Å². The van der Waals surface area contributed by atoms with Crippen molar-refractivity contribution in [1.29, 1.82) is 0 Å². The van der Waals surface area contributed by atoms with Gasteiger partial charge in [-0.25, -0.2) is 4.79 Å². The van der Waals surface area contributed by atoms with Crippen LogP contribution >= 0.6 is 0 Å². The lowest BCUT2D eigenvalue weighted by Crippen LogP contribution is -2.35. The van der Waals surface area contributed by atoms with Crippen LogP contribution in [0.1, 0.15) is 25.8 Å². The molecule has 22 heavy (non-hydrogen) atoms. The van der Waals surface area contributed by atoms with Gasteiger partial charge in [-0.05, 0) is 32.0 Å². The van der Waals surface area contributed by atoms with Crippen molar-refractivity contribution in [2.45, 2.75) is 32.5 Å². The fourth-order valence-electron chi connectivity index (χ4n) is 1.96. The molecule has 8 heteroatoms. The van der Waals surface area contributed by atoms with E-state index in [-0.39, 0.29) is 24.5 Å². The van der Waals surface area contributed by atoms with Crippen LogP contribution < -0.4 is 9.47 Å². The fourth-order valence-corrected chi connectivity index (χ4v) is 1.96. The van der Waals surface area contributed by atoms with E-state index in [0.29, 0.717) is 11.3 Å². The SMILES string of the molecule is CCOc1cc(C2=NOC(C)(C(=O)O)C2)ccc1OC(F)F. The van der Waals surface area contributed by atoms with E-state index in [1.165, 1.54) is 25.1 Å². The van der Waals surface area contributed by atoms with Gasteiger partial charge in [0.25, 0.3) is 0 Å². The second-order valence-electron chi connectivity index (χ2n) is 4.82. The van der Waals surface area contributed by atoms with Crippen LogP contribution in [0.15, 0.2) is 23.4 Å². The lowest BCUT2D eigenvalue weighted by molar-refractivity contribution is -0.160. The van der Waals surface area contributed by atoms with Gasteiger partial charge in [-0.3, -0.25) is 0 Å². The normalized spacial score (nSPS) is 20.5. The minimum absolute atomic E-state index is 0.0585. The number of hydrogen-bond acceptors (Lipinski definition) is 5. The average molecular weight is 315 g/mol. The summed E-state index contributed by atoms with van der Waals surface area (Å²) in [6, 6.07) is 4.29. The van der Waals surface area contributed by atoms with Crippen molar-refractivity contribution < 1.29 is 33.0 Å². The van der Waals surface area contributed by atoms with Crippen LogP contribution in [0.3, 0.4) is 0 Å². The van der Waals surface area contributed by atoms with E-state index < -0.39 is 18.2 Å². The summed E-state index contributed by atoms with van der Waals surface area (Å²) < 4.78 is 34.3. The molecular formula is C14H15F2NO5. The van der Waals surface area contributed by atoms with E-state index in [1.807, 2.05) is 0 Å². The molecule has 1 heterocycles. The highest BCUT2D eigenvalue weighted by atomic mass is 19.3. The molecule has 0 saturated heterocycles. The number of aliphatic carboxylic acids is 1. The Bertz CT molecular complexity index is 605. The number of nitrogens with zero attached hydrogens (tertiary/aromatic N) is 1. The first-order valence-corrected chi connectivity index (χ1v) is 6.56. The molecule has 0 fully saturated rings. The molecule has 120 valence electrons. The zero-order valence-electron chi connectivity index (χ0n) is 12.0. The fraction of sp³-hybridized carbons (Fsp3) is 0.429. The van der Waals surface area contributed by atoms with Gasteiger partial charge >= 0.3 is 12.6 Å². The maximum Gasteiger partial charge on any atom is 0.387 e. The van der Waals surface area contributed by atoms with Crippen molar-refractivity contribution in [3.63, 3.8) is 0 Å². The van der Waals surface area contributed by atoms with E-state index in [2.05, 4.69) is 9.89 Å². The molecule has 1 atom stereocenters. The number of carbonyl (C=O) groups is 1. The number of ether oxygens (including phenoxy) is 2. The Hall–Kier alpha value is -2.38. The molecule has 1 aliphatic rings. The van der Waals surface area contributed by atoms with Crippen molar-refractivity contribution in [1.82, 2.24) is 0 Å². The molecule has 1 aliphatic heterocycles. The van der Waals surface area contributed by atoms with Gasteiger partial charge in [-0.15, -0.1) is 0 Å². The van der Waals surface area contributed by atoms with Crippen molar-refractivity contribution in [3.05, 3.63) is 23.8 Å². The molecule has 0 amide bonds. The molecule has 0 bridgehead atoms. The largest absolute Gasteiger partial charge is 0.490 e. The number of rotatable bonds is 6. The van der Waals surface area contributed by atoms with E-state index in [9.17, 15) is 13.6 Å². The van der Waals surface area contributed by atoms with Crippen LogP contribution in [0.5, 0.6) is 11.5 Å². The summed E-state index contributed by atoms with van der Waals surface area (Å²) in [7, 11) is 0. The Balaban J connectivity index is 2.26. The van der Waals surface area contributed by atoms with Gasteiger partial charge in [0.1, 0.15) is 0 Å². The molecule has 0 saturated carbocycles. The lowest BCUT2D eigenvalue weighted by Gasteiger charge is -2.15. The van der Waals surface area contributed by atoms with Crippen LogP contribution in [0, 0.1) is 0 Å². The predicted molar refractivity (Wildman–Crippen MR) is 72.5 cm³/mol. The first-order chi connectivity index (χ1) is 10.4. The first-order valence-electron chi connectivity index (χ1n) is 6.56. The van der Waals surface area contributed by atoms with Gasteiger partial charge in [0.15, 0.2) is 11.5 Å². The van der Waals surface area contributed by atoms with Crippen LogP contribution in [0.25, 0.3) is 0 Å². The third-order valence-corrected chi connectivity index (χ3v) is 3.11. The van der Waals surface area contributed by atoms with E-state index in [0.717, 1.165) is 0 Å². The predicted octanol–water partition coefficient (Wildman–Crippen LogP) is 2.65. The Kier molecular flexibility index (Phi) is 4.48. The third-order valence-electron chi connectivity index (χ3n) is 3.11. The molecule has 0 radical (unpaired) electrons. The monoisotopic (exact) mass is 315 g/mol. The lowest BCUT2D eigenvalue weighted by atomic mass is 9.96. The van der Waals surface area contributed by atoms with E-state index in [1.54, 1.807) is 6.92 Å². The molecule has 6 nitrogen and oxygen atoms in total. The Morgan fingerprint density at radius 3 is 2.77 bits per heavy atom. The van der Waals surface area contributed by atoms with Gasteiger partial charge in [-0.1, -0.05) is 5.16 Å². The second-order valence-corrected chi connectivity index (χ2v) is 4.82. The minimum atomic E-state index is -2.97. The first kappa shape index (κ1) is 16.0. The van der Waals surface area contributed by atoms with Gasteiger partial charge in [-0.2, -0.15) is 8.78 Å². The maximum atomic E-state index is 12.3. The van der Waals surface area contributed by atoms with Crippen LogP contribution in [0.4, 0.5) is 8.78 Å². The molecule has 0 spiro atoms. The summed E-state index contributed by atoms with van der Waals surface area (Å²) in [5.41, 5.74) is -0.510. The molecule has 2 rings (SSSR count). The Morgan fingerprint density at radius 2 is 2.23 bits per heavy atom. The zero-order chi connectivity index (χ0) is 16.3. The highest BCUT2D eigenvalue weighted by molar-refractivity contribution is 6.04. The molecule has 1 unspecified atom stereocenters. The van der Waals surface area contributed by atoms with E-state index >= 15 is 0 Å². The summed E-state index contributed by atoms with van der Waals surface area (Å²) in [6.07, 6.45) is 0.0585. The molecule has 0 aliphatic carbocycles. The average Bonchev–Trinajstić information content (AvgIpc) is 2.84. The number of halogens is 2. The number of alkyl halides is 2. The number of carboxylic acid groups (broad SMARTS) is 1. The summed E-state index contributed by atoms with van der Waals surface area (Å²) in [5, 5.41) is 12.9. The van der Waals surface area contributed by atoms with Gasteiger partial charge in [0.05, 0.1) is 12.3 Å². The van der Waals surface area contributed by atoms with E-state index in [4.69, 9.17) is 14.7 Å². The van der Waals surface area contributed by atoms with Gasteiger partial charge in [0.2, 0.25) is 5.60 Å². The minimum Gasteiger partial charge on any atom is -0.490 e. The smallest absolute Gasteiger partial charge is 0.387 e. The molecule has 1 aromatic rings. The Labute approximate surface area is 125 Å². The summed E-state index contributed by atoms with van der Waals surface area (Å²) in [4.78, 5) is 16.1. The summed E-state index contributed by atoms with van der Waals surface area (Å²) in [6.45, 7) is 0.409. The van der Waals surface area contributed by atoms with Crippen molar-refractivity contribution in [2.75, 3.05) is 6.61 Å². The van der Waals surface area contributed by atoms with Gasteiger partial charge < -0.3 is 19.4 Å². The van der Waals surface area contributed by atoms with Crippen molar-refractivity contribution in [2.24, 2.45) is 5.16 Å². The molecular weight excluding hydrogens is 300 g/mol. The van der Waals surface area contributed by atoms with Gasteiger partial charge in [0, 0.05) is 12.0 Å². The third kappa shape index (κ3) is 3.26. The standard InChI is InChI=1S/C14H15F2NO5/c1-3-20-11-6-8(4-5-10(11)21-13(15)16)9-7-14(2,12(18)19)22-17-9/h4-6,13H,3,7H2,1-2H3,(H,18,19). The van der Waals surface area contributed by atoms with Crippen molar-refractivity contribution >= 4 is 11.7 Å². The zero-order valence-corrected chi connectivity index (χ0v) is 12.0. The molecule has 0 aromatic heterocycles. The number of oxime groups is 1. The molecule has 1 aromatic carbocycles. The number of carboxylic acids is 1. The highest BCUT2D eigenvalue weighted by Gasteiger charge is 2.42. The number of hydrogen-bond donors (Lipinski definition) is 1. The number of benzene rings is 1.